The summed E-state index contributed by atoms with van der Waals surface area (Å²) in [7, 11) is 0. The van der Waals surface area contributed by atoms with Crippen molar-refractivity contribution in [2.75, 3.05) is 19.6 Å². The lowest BCUT2D eigenvalue weighted by molar-refractivity contribution is 0.165. The van der Waals surface area contributed by atoms with E-state index < -0.39 is 0 Å². The highest BCUT2D eigenvalue weighted by molar-refractivity contribution is 5.14. The van der Waals surface area contributed by atoms with Gasteiger partial charge in [0.2, 0.25) is 0 Å². The molecular weight excluding hydrogens is 234 g/mol. The minimum absolute atomic E-state index is 0.396. The third-order valence-corrected chi connectivity index (χ3v) is 4.90. The van der Waals surface area contributed by atoms with Crippen molar-refractivity contribution in [1.82, 2.24) is 15.2 Å². The molecule has 3 nitrogen and oxygen atoms in total. The van der Waals surface area contributed by atoms with Gasteiger partial charge in [0.05, 0.1) is 0 Å². The lowest BCUT2D eigenvalue weighted by Gasteiger charge is -2.36. The highest BCUT2D eigenvalue weighted by atomic mass is 15.2. The van der Waals surface area contributed by atoms with Crippen molar-refractivity contribution in [3.8, 4) is 0 Å². The van der Waals surface area contributed by atoms with Gasteiger partial charge in [-0.05, 0) is 44.4 Å². The molecule has 1 aliphatic heterocycles. The van der Waals surface area contributed by atoms with Crippen molar-refractivity contribution < 1.29 is 0 Å². The van der Waals surface area contributed by atoms with Crippen LogP contribution in [0.5, 0.6) is 0 Å². The lowest BCUT2D eigenvalue weighted by Crippen LogP contribution is -2.49. The maximum Gasteiger partial charge on any atom is 0.0335 e. The fraction of sp³-hybridized carbons (Fsp3) is 0.688. The summed E-state index contributed by atoms with van der Waals surface area (Å²) in [5.74, 6) is 0. The van der Waals surface area contributed by atoms with Crippen LogP contribution in [0.4, 0.5) is 0 Å². The Balaban J connectivity index is 1.75. The maximum absolute atomic E-state index is 4.27. The summed E-state index contributed by atoms with van der Waals surface area (Å²) < 4.78 is 0. The average molecular weight is 259 g/mol. The zero-order chi connectivity index (χ0) is 13.1. The van der Waals surface area contributed by atoms with Gasteiger partial charge in [-0.15, -0.1) is 0 Å². The monoisotopic (exact) mass is 259 g/mol. The smallest absolute Gasteiger partial charge is 0.0335 e. The Bertz CT molecular complexity index is 398. The molecule has 0 aromatic carbocycles. The third-order valence-electron chi connectivity index (χ3n) is 4.90. The van der Waals surface area contributed by atoms with Crippen LogP contribution in [0.2, 0.25) is 0 Å². The summed E-state index contributed by atoms with van der Waals surface area (Å²) in [5.41, 5.74) is 1.74. The van der Waals surface area contributed by atoms with Crippen molar-refractivity contribution in [3.05, 3.63) is 30.1 Å². The molecule has 1 spiro atoms. The normalized spacial score (nSPS) is 25.3. The van der Waals surface area contributed by atoms with Gasteiger partial charge < -0.3 is 5.32 Å². The van der Waals surface area contributed by atoms with Crippen LogP contribution in [0.15, 0.2) is 24.5 Å². The van der Waals surface area contributed by atoms with E-state index in [2.05, 4.69) is 28.2 Å². The molecule has 19 heavy (non-hydrogen) atoms. The van der Waals surface area contributed by atoms with Crippen LogP contribution in [-0.4, -0.2) is 35.1 Å². The molecule has 3 heteroatoms. The van der Waals surface area contributed by atoms with Gasteiger partial charge in [-0.25, -0.2) is 0 Å². The highest BCUT2D eigenvalue weighted by Crippen LogP contribution is 2.34. The van der Waals surface area contributed by atoms with Crippen molar-refractivity contribution in [1.29, 1.82) is 0 Å². The van der Waals surface area contributed by atoms with Gasteiger partial charge in [-0.3, -0.25) is 9.88 Å². The van der Waals surface area contributed by atoms with Crippen LogP contribution in [0.1, 0.15) is 50.6 Å². The molecule has 1 unspecified atom stereocenters. The van der Waals surface area contributed by atoms with Crippen molar-refractivity contribution in [2.45, 2.75) is 50.6 Å². The van der Waals surface area contributed by atoms with Gasteiger partial charge in [0, 0.05) is 37.1 Å². The molecule has 1 saturated heterocycles. The summed E-state index contributed by atoms with van der Waals surface area (Å²) >= 11 is 0. The van der Waals surface area contributed by atoms with E-state index in [1.54, 1.807) is 0 Å². The Hall–Kier alpha value is -0.930. The molecule has 1 aliphatic carbocycles. The molecule has 2 heterocycles. The molecule has 1 aromatic rings. The quantitative estimate of drug-likeness (QED) is 0.885. The van der Waals surface area contributed by atoms with E-state index >= 15 is 0 Å². The van der Waals surface area contributed by atoms with Crippen LogP contribution in [0, 0.1) is 0 Å². The standard InChI is InChI=1S/C16H25N3/c1-14(15-6-4-9-17-12-15)19-11-5-10-18-16(13-19)7-2-3-8-16/h4,6,9,12,14,18H,2-3,5,7-8,10-11,13H2,1H3. The Kier molecular flexibility index (Phi) is 3.85. The van der Waals surface area contributed by atoms with Crippen LogP contribution < -0.4 is 5.32 Å². The molecule has 1 saturated carbocycles. The first-order valence-corrected chi connectivity index (χ1v) is 7.68. The first kappa shape index (κ1) is 13.1. The van der Waals surface area contributed by atoms with Crippen LogP contribution in [-0.2, 0) is 0 Å². The van der Waals surface area contributed by atoms with E-state index in [1.807, 2.05) is 18.5 Å². The number of aromatic nitrogens is 1. The second-order valence-corrected chi connectivity index (χ2v) is 6.20. The predicted octanol–water partition coefficient (Wildman–Crippen LogP) is 2.75. The maximum atomic E-state index is 4.27. The summed E-state index contributed by atoms with van der Waals surface area (Å²) in [4.78, 5) is 6.93. The predicted molar refractivity (Wildman–Crippen MR) is 78.0 cm³/mol. The van der Waals surface area contributed by atoms with Crippen LogP contribution in [0.3, 0.4) is 0 Å². The minimum atomic E-state index is 0.396. The SMILES string of the molecule is CC(c1cccnc1)N1CCCNC2(CCCC2)C1. The van der Waals surface area contributed by atoms with Gasteiger partial charge in [0.25, 0.3) is 0 Å². The van der Waals surface area contributed by atoms with Crippen molar-refractivity contribution >= 4 is 0 Å². The molecule has 3 rings (SSSR count). The zero-order valence-corrected chi connectivity index (χ0v) is 11.9. The van der Waals surface area contributed by atoms with E-state index in [1.165, 1.54) is 57.3 Å². The van der Waals surface area contributed by atoms with Gasteiger partial charge in [-0.1, -0.05) is 18.9 Å². The summed E-state index contributed by atoms with van der Waals surface area (Å²) in [5, 5.41) is 3.84. The van der Waals surface area contributed by atoms with Gasteiger partial charge >= 0.3 is 0 Å². The summed E-state index contributed by atoms with van der Waals surface area (Å²) in [6.07, 6.45) is 10.6. The largest absolute Gasteiger partial charge is 0.310 e. The van der Waals surface area contributed by atoms with Gasteiger partial charge in [0.1, 0.15) is 0 Å². The molecule has 2 aliphatic rings. The lowest BCUT2D eigenvalue weighted by atomic mass is 9.96. The van der Waals surface area contributed by atoms with Crippen molar-refractivity contribution in [3.63, 3.8) is 0 Å². The average Bonchev–Trinajstić information content (AvgIpc) is 2.80. The van der Waals surface area contributed by atoms with Crippen LogP contribution in [0.25, 0.3) is 0 Å². The minimum Gasteiger partial charge on any atom is -0.310 e. The van der Waals surface area contributed by atoms with Crippen molar-refractivity contribution in [2.24, 2.45) is 0 Å². The highest BCUT2D eigenvalue weighted by Gasteiger charge is 2.37. The molecule has 1 aromatic heterocycles. The third kappa shape index (κ3) is 2.82. The Labute approximate surface area is 116 Å². The molecule has 1 atom stereocenters. The number of rotatable bonds is 2. The second-order valence-electron chi connectivity index (χ2n) is 6.20. The fourth-order valence-corrected chi connectivity index (χ4v) is 3.71. The van der Waals surface area contributed by atoms with Gasteiger partial charge in [-0.2, -0.15) is 0 Å². The number of nitrogens with one attached hydrogen (secondary N) is 1. The first-order valence-electron chi connectivity index (χ1n) is 7.68. The topological polar surface area (TPSA) is 28.2 Å². The zero-order valence-electron chi connectivity index (χ0n) is 11.9. The molecule has 0 amide bonds. The molecule has 1 N–H and O–H groups in total. The first-order chi connectivity index (χ1) is 9.29. The molecule has 0 radical (unpaired) electrons. The van der Waals surface area contributed by atoms with E-state index in [4.69, 9.17) is 0 Å². The Morgan fingerprint density at radius 3 is 2.89 bits per heavy atom. The van der Waals surface area contributed by atoms with E-state index in [0.717, 1.165) is 0 Å². The molecule has 104 valence electrons. The molecular formula is C16H25N3. The van der Waals surface area contributed by atoms with E-state index in [0.29, 0.717) is 11.6 Å². The second kappa shape index (κ2) is 5.59. The van der Waals surface area contributed by atoms with Crippen LogP contribution >= 0.6 is 0 Å². The Morgan fingerprint density at radius 1 is 1.32 bits per heavy atom. The van der Waals surface area contributed by atoms with Gasteiger partial charge in [0.15, 0.2) is 0 Å². The number of hydrogen-bond donors (Lipinski definition) is 1. The summed E-state index contributed by atoms with van der Waals surface area (Å²) in [6, 6.07) is 4.73. The summed E-state index contributed by atoms with van der Waals surface area (Å²) in [6.45, 7) is 5.90. The number of hydrogen-bond acceptors (Lipinski definition) is 3. The number of pyridine rings is 1. The molecule has 0 bridgehead atoms. The fourth-order valence-electron chi connectivity index (χ4n) is 3.71. The number of nitrogens with zero attached hydrogens (tertiary/aromatic N) is 2. The molecule has 2 fully saturated rings. The van der Waals surface area contributed by atoms with E-state index in [9.17, 15) is 0 Å². The Morgan fingerprint density at radius 2 is 2.16 bits per heavy atom. The van der Waals surface area contributed by atoms with E-state index in [-0.39, 0.29) is 0 Å².